The molecule has 2 aromatic rings. The molecule has 1 N–H and O–H groups in total. The lowest BCUT2D eigenvalue weighted by atomic mass is 10.2. The van der Waals surface area contributed by atoms with Gasteiger partial charge in [-0.2, -0.15) is 0 Å². The normalized spacial score (nSPS) is 14.9. The Morgan fingerprint density at radius 1 is 1.07 bits per heavy atom. The van der Waals surface area contributed by atoms with Crippen LogP contribution in [0.3, 0.4) is 0 Å². The number of aryl methyl sites for hydroxylation is 1. The number of halogens is 1. The van der Waals surface area contributed by atoms with Crippen molar-refractivity contribution in [3.8, 4) is 11.5 Å². The van der Waals surface area contributed by atoms with E-state index in [0.717, 1.165) is 15.8 Å². The number of ether oxygens (including phenoxy) is 3. The van der Waals surface area contributed by atoms with Crippen LogP contribution in [-0.2, 0) is 9.53 Å². The van der Waals surface area contributed by atoms with Gasteiger partial charge in [0.15, 0.2) is 0 Å². The molecule has 0 unspecified atom stereocenters. The van der Waals surface area contributed by atoms with E-state index in [2.05, 4.69) is 21.2 Å². The van der Waals surface area contributed by atoms with E-state index in [1.54, 1.807) is 6.08 Å². The van der Waals surface area contributed by atoms with Gasteiger partial charge >= 0.3 is 0 Å². The van der Waals surface area contributed by atoms with Gasteiger partial charge in [-0.05, 0) is 43.3 Å². The molecule has 152 valence electrons. The highest BCUT2D eigenvalue weighted by Gasteiger charge is 2.22. The first-order valence-corrected chi connectivity index (χ1v) is 11.0. The molecule has 1 heterocycles. The molecule has 1 amide bonds. The summed E-state index contributed by atoms with van der Waals surface area (Å²) >= 11 is 9.72. The number of nitrogens with one attached hydrogen (secondary N) is 1. The second-order valence-corrected chi connectivity index (χ2v) is 8.79. The van der Waals surface area contributed by atoms with E-state index in [4.69, 9.17) is 26.4 Å². The molecule has 1 aliphatic rings. The second-order valence-electron chi connectivity index (χ2n) is 6.16. The molecule has 8 heteroatoms. The van der Waals surface area contributed by atoms with Crippen LogP contribution >= 0.6 is 39.9 Å². The predicted molar refractivity (Wildman–Crippen MR) is 123 cm³/mol. The van der Waals surface area contributed by atoms with Gasteiger partial charge in [-0.25, -0.2) is 0 Å². The molecule has 1 saturated heterocycles. The maximum Gasteiger partial charge on any atom is 0.263 e. The molecule has 1 aliphatic heterocycles. The fraction of sp³-hybridized carbons (Fsp3) is 0.238. The van der Waals surface area contributed by atoms with E-state index >= 15 is 0 Å². The van der Waals surface area contributed by atoms with Crippen molar-refractivity contribution >= 4 is 56.2 Å². The van der Waals surface area contributed by atoms with Gasteiger partial charge in [0.25, 0.3) is 5.91 Å². The Kier molecular flexibility index (Phi) is 8.11. The average molecular weight is 494 g/mol. The largest absolute Gasteiger partial charge is 0.491 e. The van der Waals surface area contributed by atoms with Gasteiger partial charge in [-0.15, -0.1) is 0 Å². The Balaban J connectivity index is 1.44. The van der Waals surface area contributed by atoms with Crippen molar-refractivity contribution in [2.24, 2.45) is 0 Å². The number of hydrogen-bond donors (Lipinski definition) is 1. The predicted octanol–water partition coefficient (Wildman–Crippen LogP) is 4.72. The minimum atomic E-state index is -0.192. The van der Waals surface area contributed by atoms with Crippen LogP contribution in [0.4, 0.5) is 0 Å². The summed E-state index contributed by atoms with van der Waals surface area (Å²) in [5.41, 5.74) is 1.99. The number of thioether (sulfide) groups is 1. The lowest BCUT2D eigenvalue weighted by Crippen LogP contribution is -2.17. The minimum absolute atomic E-state index is 0.192. The van der Waals surface area contributed by atoms with Gasteiger partial charge in [-0.1, -0.05) is 57.6 Å². The van der Waals surface area contributed by atoms with Crippen molar-refractivity contribution in [2.45, 2.75) is 6.92 Å². The second kappa shape index (κ2) is 10.8. The number of benzene rings is 2. The monoisotopic (exact) mass is 493 g/mol. The molecule has 0 bridgehead atoms. The molecule has 1 fully saturated rings. The van der Waals surface area contributed by atoms with Crippen molar-refractivity contribution in [3.05, 3.63) is 63.0 Å². The van der Waals surface area contributed by atoms with E-state index in [0.29, 0.717) is 41.4 Å². The van der Waals surface area contributed by atoms with Gasteiger partial charge in [-0.3, -0.25) is 4.79 Å². The van der Waals surface area contributed by atoms with E-state index in [-0.39, 0.29) is 5.91 Å². The third kappa shape index (κ3) is 6.85. The fourth-order valence-corrected chi connectivity index (χ4v) is 3.91. The summed E-state index contributed by atoms with van der Waals surface area (Å²) < 4.78 is 18.4. The first-order chi connectivity index (χ1) is 14.0. The van der Waals surface area contributed by atoms with Gasteiger partial charge < -0.3 is 19.5 Å². The highest BCUT2D eigenvalue weighted by atomic mass is 79.9. The Morgan fingerprint density at radius 3 is 2.48 bits per heavy atom. The molecule has 5 nitrogen and oxygen atoms in total. The Bertz CT molecular complexity index is 915. The van der Waals surface area contributed by atoms with Crippen LogP contribution in [-0.4, -0.2) is 36.7 Å². The fourth-order valence-electron chi connectivity index (χ4n) is 2.49. The summed E-state index contributed by atoms with van der Waals surface area (Å²) in [5, 5.41) is 2.61. The third-order valence-corrected chi connectivity index (χ3v) is 5.56. The zero-order valence-corrected chi connectivity index (χ0v) is 19.0. The zero-order valence-electron chi connectivity index (χ0n) is 15.8. The van der Waals surface area contributed by atoms with Crippen molar-refractivity contribution in [2.75, 3.05) is 26.4 Å². The summed E-state index contributed by atoms with van der Waals surface area (Å²) in [6, 6.07) is 13.5. The zero-order chi connectivity index (χ0) is 20.6. The first kappa shape index (κ1) is 21.8. The van der Waals surface area contributed by atoms with E-state index in [9.17, 15) is 4.79 Å². The van der Waals surface area contributed by atoms with Crippen LogP contribution in [0.2, 0.25) is 0 Å². The first-order valence-electron chi connectivity index (χ1n) is 8.96. The molecule has 0 radical (unpaired) electrons. The Hall–Kier alpha value is -1.87. The standard InChI is InChI=1S/C21H20BrNO4S2/c1-14-2-5-17(6-3-14)26-10-8-25-9-11-27-18-7-4-16(22)12-15(18)13-19-20(24)23-21(28)29-19/h2-7,12-13H,8-11H2,1H3,(H,23,24,28)/b19-13-. The Morgan fingerprint density at radius 2 is 1.79 bits per heavy atom. The topological polar surface area (TPSA) is 56.8 Å². The quantitative estimate of drug-likeness (QED) is 0.309. The van der Waals surface area contributed by atoms with Crippen LogP contribution < -0.4 is 14.8 Å². The lowest BCUT2D eigenvalue weighted by Gasteiger charge is -2.11. The van der Waals surface area contributed by atoms with Gasteiger partial charge in [0.1, 0.15) is 29.0 Å². The van der Waals surface area contributed by atoms with Crippen molar-refractivity contribution in [1.82, 2.24) is 5.32 Å². The SMILES string of the molecule is Cc1ccc(OCCOCCOc2ccc(Br)cc2/C=C2\SC(=S)NC2=O)cc1. The lowest BCUT2D eigenvalue weighted by molar-refractivity contribution is -0.115. The number of rotatable bonds is 9. The van der Waals surface area contributed by atoms with Crippen molar-refractivity contribution < 1.29 is 19.0 Å². The van der Waals surface area contributed by atoms with Crippen LogP contribution in [0.5, 0.6) is 11.5 Å². The summed E-state index contributed by atoms with van der Waals surface area (Å²) in [6.07, 6.45) is 1.77. The number of carbonyl (C=O) groups is 1. The van der Waals surface area contributed by atoms with Crippen LogP contribution in [0.1, 0.15) is 11.1 Å². The number of carbonyl (C=O) groups excluding carboxylic acids is 1. The highest BCUT2D eigenvalue weighted by Crippen LogP contribution is 2.31. The molecular weight excluding hydrogens is 474 g/mol. The van der Waals surface area contributed by atoms with Crippen LogP contribution in [0, 0.1) is 6.92 Å². The average Bonchev–Trinajstić information content (AvgIpc) is 3.01. The summed E-state index contributed by atoms with van der Waals surface area (Å²) in [4.78, 5) is 12.4. The third-order valence-electron chi connectivity index (χ3n) is 3.90. The maximum absolute atomic E-state index is 11.9. The smallest absolute Gasteiger partial charge is 0.263 e. The summed E-state index contributed by atoms with van der Waals surface area (Å²) in [7, 11) is 0. The van der Waals surface area contributed by atoms with Crippen molar-refractivity contribution in [1.29, 1.82) is 0 Å². The number of amides is 1. The molecule has 0 aliphatic carbocycles. The Labute approximate surface area is 187 Å². The molecule has 29 heavy (non-hydrogen) atoms. The highest BCUT2D eigenvalue weighted by molar-refractivity contribution is 9.10. The molecular formula is C21H20BrNO4S2. The molecule has 2 aromatic carbocycles. The van der Waals surface area contributed by atoms with E-state index in [1.807, 2.05) is 49.4 Å². The molecule has 0 spiro atoms. The molecule has 0 aromatic heterocycles. The van der Waals surface area contributed by atoms with E-state index in [1.165, 1.54) is 17.3 Å². The molecule has 3 rings (SSSR count). The summed E-state index contributed by atoms with van der Waals surface area (Å²) in [6.45, 7) is 3.81. The number of thiocarbonyl (C=S) groups is 1. The maximum atomic E-state index is 11.9. The summed E-state index contributed by atoms with van der Waals surface area (Å²) in [5.74, 6) is 1.31. The molecule has 0 saturated carbocycles. The molecule has 0 atom stereocenters. The van der Waals surface area contributed by atoms with Gasteiger partial charge in [0.2, 0.25) is 0 Å². The van der Waals surface area contributed by atoms with Gasteiger partial charge in [0.05, 0.1) is 18.1 Å². The van der Waals surface area contributed by atoms with E-state index < -0.39 is 0 Å². The minimum Gasteiger partial charge on any atom is -0.491 e. The van der Waals surface area contributed by atoms with Crippen molar-refractivity contribution in [3.63, 3.8) is 0 Å². The van der Waals surface area contributed by atoms with Crippen LogP contribution in [0.25, 0.3) is 6.08 Å². The van der Waals surface area contributed by atoms with Crippen LogP contribution in [0.15, 0.2) is 51.8 Å². The van der Waals surface area contributed by atoms with Gasteiger partial charge in [0, 0.05) is 10.0 Å². The number of hydrogen-bond acceptors (Lipinski definition) is 6.